The van der Waals surface area contributed by atoms with Crippen molar-refractivity contribution in [1.82, 2.24) is 0 Å². The number of thiophene rings is 1. The van der Waals surface area contributed by atoms with Gasteiger partial charge in [0.1, 0.15) is 5.75 Å². The molecule has 0 bridgehead atoms. The van der Waals surface area contributed by atoms with Gasteiger partial charge in [0.2, 0.25) is 0 Å². The fourth-order valence-electron chi connectivity index (χ4n) is 1.75. The Balaban J connectivity index is 2.47. The molecule has 2 N–H and O–H groups in total. The van der Waals surface area contributed by atoms with E-state index in [1.807, 2.05) is 31.2 Å². The van der Waals surface area contributed by atoms with Gasteiger partial charge in [0.25, 0.3) is 0 Å². The Hall–Kier alpha value is -2.01. The molecule has 1 aromatic heterocycles. The zero-order valence-corrected chi connectivity index (χ0v) is 11.6. The smallest absolute Gasteiger partial charge is 0.198 e. The second-order valence-corrected chi connectivity index (χ2v) is 4.81. The van der Waals surface area contributed by atoms with Crippen molar-refractivity contribution in [2.24, 2.45) is 0 Å². The number of carbonyl (C=O) groups excluding carboxylic acids is 1. The van der Waals surface area contributed by atoms with E-state index in [2.05, 4.69) is 0 Å². The van der Waals surface area contributed by atoms with Crippen molar-refractivity contribution in [3.05, 3.63) is 29.8 Å². The molecule has 0 atom stereocenters. The van der Waals surface area contributed by atoms with Gasteiger partial charge >= 0.3 is 0 Å². The fourth-order valence-corrected chi connectivity index (χ4v) is 2.85. The molecule has 0 saturated carbocycles. The minimum atomic E-state index is 0.410. The zero-order valence-electron chi connectivity index (χ0n) is 10.8. The Morgan fingerprint density at radius 2 is 2.00 bits per heavy atom. The number of nitrogens with two attached hydrogens (primary N) is 1. The summed E-state index contributed by atoms with van der Waals surface area (Å²) in [6.45, 7) is 2.40. The van der Waals surface area contributed by atoms with Crippen LogP contribution in [0, 0.1) is 0 Å². The van der Waals surface area contributed by atoms with E-state index in [9.17, 15) is 4.79 Å². The van der Waals surface area contributed by atoms with Crippen LogP contribution in [0.25, 0.3) is 10.4 Å². The van der Waals surface area contributed by atoms with Gasteiger partial charge in [-0.3, -0.25) is 4.79 Å². The number of hydrogen-bond donors (Lipinski definition) is 1. The molecule has 0 aliphatic carbocycles. The summed E-state index contributed by atoms with van der Waals surface area (Å²) in [5, 5.41) is 0.593. The van der Waals surface area contributed by atoms with Crippen LogP contribution in [0.4, 0.5) is 5.69 Å². The van der Waals surface area contributed by atoms with E-state index in [0.29, 0.717) is 22.9 Å². The van der Waals surface area contributed by atoms with Crippen molar-refractivity contribution in [3.8, 4) is 21.3 Å². The van der Waals surface area contributed by atoms with E-state index in [1.165, 1.54) is 11.3 Å². The first-order valence-corrected chi connectivity index (χ1v) is 6.67. The van der Waals surface area contributed by atoms with Crippen molar-refractivity contribution in [3.63, 3.8) is 0 Å². The number of anilines is 1. The molecule has 19 heavy (non-hydrogen) atoms. The minimum Gasteiger partial charge on any atom is -0.497 e. The van der Waals surface area contributed by atoms with Gasteiger partial charge in [-0.1, -0.05) is 11.3 Å². The zero-order chi connectivity index (χ0) is 13.8. The topological polar surface area (TPSA) is 61.5 Å². The molecule has 0 aliphatic heterocycles. The van der Waals surface area contributed by atoms with Gasteiger partial charge in [-0.25, -0.2) is 0 Å². The van der Waals surface area contributed by atoms with E-state index in [4.69, 9.17) is 15.2 Å². The molecule has 100 valence electrons. The second kappa shape index (κ2) is 5.75. The molecule has 2 aromatic rings. The van der Waals surface area contributed by atoms with Gasteiger partial charge in [-0.2, -0.15) is 0 Å². The quantitative estimate of drug-likeness (QED) is 0.852. The molecule has 0 radical (unpaired) electrons. The van der Waals surface area contributed by atoms with Crippen LogP contribution in [-0.2, 0) is 0 Å². The Labute approximate surface area is 115 Å². The molecule has 0 aliphatic rings. The maximum atomic E-state index is 11.2. The summed E-state index contributed by atoms with van der Waals surface area (Å²) < 4.78 is 10.5. The SMILES string of the molecule is CCOc1sc(-c2ccc(OC)cc2)c(C=O)c1N. The van der Waals surface area contributed by atoms with Crippen molar-refractivity contribution >= 4 is 23.3 Å². The summed E-state index contributed by atoms with van der Waals surface area (Å²) in [6, 6.07) is 7.49. The number of nitrogen functional groups attached to an aromatic ring is 1. The third-order valence-corrected chi connectivity index (χ3v) is 3.88. The Bertz CT molecular complexity index is 575. The Morgan fingerprint density at radius 3 is 2.53 bits per heavy atom. The third-order valence-electron chi connectivity index (χ3n) is 2.69. The second-order valence-electron chi connectivity index (χ2n) is 3.83. The molecule has 0 unspecified atom stereocenters. The first kappa shape index (κ1) is 13.4. The van der Waals surface area contributed by atoms with E-state index in [1.54, 1.807) is 7.11 Å². The lowest BCUT2D eigenvalue weighted by Gasteiger charge is -2.02. The van der Waals surface area contributed by atoms with E-state index in [0.717, 1.165) is 22.5 Å². The van der Waals surface area contributed by atoms with Crippen LogP contribution in [0.5, 0.6) is 10.8 Å². The lowest BCUT2D eigenvalue weighted by atomic mass is 10.1. The van der Waals surface area contributed by atoms with Crippen molar-refractivity contribution in [1.29, 1.82) is 0 Å². The van der Waals surface area contributed by atoms with Crippen LogP contribution < -0.4 is 15.2 Å². The molecular weight excluding hydrogens is 262 g/mol. The van der Waals surface area contributed by atoms with E-state index >= 15 is 0 Å². The number of hydrogen-bond acceptors (Lipinski definition) is 5. The van der Waals surface area contributed by atoms with Crippen LogP contribution in [-0.4, -0.2) is 20.0 Å². The monoisotopic (exact) mass is 277 g/mol. The summed E-state index contributed by atoms with van der Waals surface area (Å²) in [5.41, 5.74) is 7.74. The highest BCUT2D eigenvalue weighted by atomic mass is 32.1. The summed E-state index contributed by atoms with van der Waals surface area (Å²) in [5.74, 6) is 0.769. The molecule has 4 nitrogen and oxygen atoms in total. The lowest BCUT2D eigenvalue weighted by Crippen LogP contribution is -1.95. The predicted molar refractivity (Wildman–Crippen MR) is 77.3 cm³/mol. The van der Waals surface area contributed by atoms with Crippen LogP contribution in [0.2, 0.25) is 0 Å². The van der Waals surface area contributed by atoms with Gasteiger partial charge in [-0.05, 0) is 36.8 Å². The van der Waals surface area contributed by atoms with Crippen LogP contribution in [0.15, 0.2) is 24.3 Å². The third kappa shape index (κ3) is 2.56. The number of benzene rings is 1. The number of ether oxygens (including phenoxy) is 2. The van der Waals surface area contributed by atoms with Gasteiger partial charge < -0.3 is 15.2 Å². The molecule has 0 spiro atoms. The van der Waals surface area contributed by atoms with E-state index < -0.39 is 0 Å². The van der Waals surface area contributed by atoms with Crippen molar-refractivity contribution in [2.45, 2.75) is 6.92 Å². The standard InChI is InChI=1S/C14H15NO3S/c1-3-18-14-12(15)11(8-16)13(19-14)9-4-6-10(17-2)7-5-9/h4-8H,3,15H2,1-2H3. The first-order chi connectivity index (χ1) is 9.21. The fraction of sp³-hybridized carbons (Fsp3) is 0.214. The maximum absolute atomic E-state index is 11.2. The largest absolute Gasteiger partial charge is 0.497 e. The Morgan fingerprint density at radius 1 is 1.32 bits per heavy atom. The summed E-state index contributed by atoms with van der Waals surface area (Å²) >= 11 is 1.38. The average Bonchev–Trinajstić information content (AvgIpc) is 2.76. The van der Waals surface area contributed by atoms with Crippen LogP contribution >= 0.6 is 11.3 Å². The minimum absolute atomic E-state index is 0.410. The molecule has 2 rings (SSSR count). The normalized spacial score (nSPS) is 10.2. The molecule has 0 amide bonds. The molecule has 1 heterocycles. The molecular formula is C14H15NO3S. The summed E-state index contributed by atoms with van der Waals surface area (Å²) in [6.07, 6.45) is 0.772. The van der Waals surface area contributed by atoms with Crippen LogP contribution in [0.1, 0.15) is 17.3 Å². The van der Waals surface area contributed by atoms with Gasteiger partial charge in [0.15, 0.2) is 11.3 Å². The lowest BCUT2D eigenvalue weighted by molar-refractivity contribution is 0.112. The average molecular weight is 277 g/mol. The van der Waals surface area contributed by atoms with Crippen LogP contribution in [0.3, 0.4) is 0 Å². The maximum Gasteiger partial charge on any atom is 0.198 e. The first-order valence-electron chi connectivity index (χ1n) is 5.85. The van der Waals surface area contributed by atoms with E-state index in [-0.39, 0.29) is 0 Å². The number of carbonyl (C=O) groups is 1. The number of rotatable bonds is 5. The van der Waals surface area contributed by atoms with Gasteiger partial charge in [0, 0.05) is 0 Å². The van der Waals surface area contributed by atoms with Gasteiger partial charge in [0.05, 0.1) is 29.8 Å². The highest BCUT2D eigenvalue weighted by Crippen LogP contribution is 2.43. The van der Waals surface area contributed by atoms with Gasteiger partial charge in [-0.15, -0.1) is 0 Å². The molecule has 1 aromatic carbocycles. The number of methoxy groups -OCH3 is 1. The highest BCUT2D eigenvalue weighted by molar-refractivity contribution is 7.18. The highest BCUT2D eigenvalue weighted by Gasteiger charge is 2.17. The van der Waals surface area contributed by atoms with Crippen molar-refractivity contribution < 1.29 is 14.3 Å². The molecule has 5 heteroatoms. The molecule has 0 saturated heterocycles. The summed E-state index contributed by atoms with van der Waals surface area (Å²) in [4.78, 5) is 12.0. The predicted octanol–water partition coefficient (Wildman–Crippen LogP) is 3.22. The molecule has 0 fully saturated rings. The summed E-state index contributed by atoms with van der Waals surface area (Å²) in [7, 11) is 1.61. The Kier molecular flexibility index (Phi) is 4.06. The van der Waals surface area contributed by atoms with Crippen molar-refractivity contribution in [2.75, 3.05) is 19.5 Å². The number of aldehydes is 1.